The van der Waals surface area contributed by atoms with Gasteiger partial charge < -0.3 is 15.3 Å². The second-order valence-electron chi connectivity index (χ2n) is 2.30. The average Bonchev–Trinajstić information content (AvgIpc) is 2.01. The molecule has 0 heterocycles. The normalized spacial score (nSPS) is 14.8. The van der Waals surface area contributed by atoms with Crippen molar-refractivity contribution in [3.63, 3.8) is 0 Å². The SMILES string of the molecule is C=C(C(=O)O)C(O)(CC)C(=O)O. The molecule has 68 valence electrons. The van der Waals surface area contributed by atoms with E-state index in [-0.39, 0.29) is 6.42 Å². The first-order valence-corrected chi connectivity index (χ1v) is 3.24. The van der Waals surface area contributed by atoms with Gasteiger partial charge in [-0.1, -0.05) is 13.5 Å². The first-order chi connectivity index (χ1) is 5.36. The molecule has 0 saturated carbocycles. The molecule has 0 aromatic heterocycles. The minimum atomic E-state index is -2.36. The molecule has 5 nitrogen and oxygen atoms in total. The first kappa shape index (κ1) is 10.6. The fourth-order valence-electron chi connectivity index (χ4n) is 0.671. The lowest BCUT2D eigenvalue weighted by atomic mass is 9.92. The average molecular weight is 174 g/mol. The summed E-state index contributed by atoms with van der Waals surface area (Å²) in [5.41, 5.74) is -3.08. The minimum absolute atomic E-state index is 0.229. The Balaban J connectivity index is 4.89. The number of rotatable bonds is 4. The zero-order chi connectivity index (χ0) is 9.94. The molecular formula is C7H10O5. The van der Waals surface area contributed by atoms with Gasteiger partial charge in [0.2, 0.25) is 0 Å². The topological polar surface area (TPSA) is 94.8 Å². The molecule has 0 aliphatic heterocycles. The molecule has 1 unspecified atom stereocenters. The van der Waals surface area contributed by atoms with E-state index in [4.69, 9.17) is 10.2 Å². The Kier molecular flexibility index (Phi) is 2.98. The summed E-state index contributed by atoms with van der Waals surface area (Å²) in [6.45, 7) is 4.35. The molecule has 0 radical (unpaired) electrons. The van der Waals surface area contributed by atoms with Crippen LogP contribution in [0.3, 0.4) is 0 Å². The van der Waals surface area contributed by atoms with E-state index < -0.39 is 23.1 Å². The Morgan fingerprint density at radius 1 is 1.42 bits per heavy atom. The Morgan fingerprint density at radius 3 is 1.92 bits per heavy atom. The van der Waals surface area contributed by atoms with Gasteiger partial charge in [-0.2, -0.15) is 0 Å². The highest BCUT2D eigenvalue weighted by molar-refractivity contribution is 5.97. The maximum atomic E-state index is 10.4. The zero-order valence-electron chi connectivity index (χ0n) is 6.57. The molecule has 1 atom stereocenters. The number of carboxylic acid groups (broad SMARTS) is 2. The van der Waals surface area contributed by atoms with Crippen molar-refractivity contribution in [1.29, 1.82) is 0 Å². The number of hydrogen-bond acceptors (Lipinski definition) is 3. The predicted octanol–water partition coefficient (Wildman–Crippen LogP) is -0.147. The van der Waals surface area contributed by atoms with Crippen LogP contribution in [0.25, 0.3) is 0 Å². The molecular weight excluding hydrogens is 164 g/mol. The predicted molar refractivity (Wildman–Crippen MR) is 39.7 cm³/mol. The van der Waals surface area contributed by atoms with Crippen molar-refractivity contribution >= 4 is 11.9 Å². The molecule has 0 saturated heterocycles. The number of aliphatic hydroxyl groups is 1. The Hall–Kier alpha value is -1.36. The summed E-state index contributed by atoms with van der Waals surface area (Å²) in [5, 5.41) is 26.1. The third-order valence-electron chi connectivity index (χ3n) is 1.62. The van der Waals surface area contributed by atoms with Gasteiger partial charge >= 0.3 is 11.9 Å². The lowest BCUT2D eigenvalue weighted by molar-refractivity contribution is -0.158. The Morgan fingerprint density at radius 2 is 1.83 bits per heavy atom. The number of carbonyl (C=O) groups is 2. The van der Waals surface area contributed by atoms with Crippen LogP contribution in [0, 0.1) is 0 Å². The molecule has 12 heavy (non-hydrogen) atoms. The van der Waals surface area contributed by atoms with Crippen molar-refractivity contribution in [2.45, 2.75) is 18.9 Å². The van der Waals surface area contributed by atoms with Crippen molar-refractivity contribution in [3.8, 4) is 0 Å². The summed E-state index contributed by atoms with van der Waals surface area (Å²) >= 11 is 0. The zero-order valence-corrected chi connectivity index (χ0v) is 6.57. The van der Waals surface area contributed by atoms with Crippen molar-refractivity contribution < 1.29 is 24.9 Å². The molecule has 0 spiro atoms. The van der Waals surface area contributed by atoms with E-state index in [0.29, 0.717) is 0 Å². The number of carboxylic acids is 2. The monoisotopic (exact) mass is 174 g/mol. The standard InChI is InChI=1S/C7H10O5/c1-3-7(12,6(10)11)4(2)5(8)9/h12H,2-3H2,1H3,(H,8,9)(H,10,11). The summed E-state index contributed by atoms with van der Waals surface area (Å²) < 4.78 is 0. The summed E-state index contributed by atoms with van der Waals surface area (Å²) in [7, 11) is 0. The van der Waals surface area contributed by atoms with Crippen LogP contribution in [-0.2, 0) is 9.59 Å². The second-order valence-corrected chi connectivity index (χ2v) is 2.30. The molecule has 5 heteroatoms. The van der Waals surface area contributed by atoms with E-state index >= 15 is 0 Å². The third kappa shape index (κ3) is 1.62. The lowest BCUT2D eigenvalue weighted by Crippen LogP contribution is -2.42. The molecule has 0 amide bonds. The highest BCUT2D eigenvalue weighted by Crippen LogP contribution is 2.19. The fraction of sp³-hybridized carbons (Fsp3) is 0.429. The van der Waals surface area contributed by atoms with Gasteiger partial charge in [-0.25, -0.2) is 9.59 Å². The van der Waals surface area contributed by atoms with Crippen molar-refractivity contribution in [2.24, 2.45) is 0 Å². The molecule has 0 rings (SSSR count). The smallest absolute Gasteiger partial charge is 0.340 e. The molecule has 0 aliphatic carbocycles. The van der Waals surface area contributed by atoms with Gasteiger partial charge in [0, 0.05) is 0 Å². The summed E-state index contributed by atoms with van der Waals surface area (Å²) in [4.78, 5) is 20.7. The quantitative estimate of drug-likeness (QED) is 0.515. The number of hydrogen-bond donors (Lipinski definition) is 3. The molecule has 0 bridgehead atoms. The fourth-order valence-corrected chi connectivity index (χ4v) is 0.671. The van der Waals surface area contributed by atoms with Crippen LogP contribution < -0.4 is 0 Å². The van der Waals surface area contributed by atoms with Crippen LogP contribution in [0.15, 0.2) is 12.2 Å². The van der Waals surface area contributed by atoms with Gasteiger partial charge in [0.15, 0.2) is 5.60 Å². The maximum Gasteiger partial charge on any atom is 0.340 e. The van der Waals surface area contributed by atoms with Gasteiger partial charge in [0.05, 0.1) is 5.57 Å². The summed E-state index contributed by atoms with van der Waals surface area (Å²) in [5.74, 6) is -3.11. The van der Waals surface area contributed by atoms with Crippen molar-refractivity contribution in [2.75, 3.05) is 0 Å². The van der Waals surface area contributed by atoms with Crippen LogP contribution in [0.2, 0.25) is 0 Å². The van der Waals surface area contributed by atoms with Gasteiger partial charge in [0.1, 0.15) is 0 Å². The second kappa shape index (κ2) is 3.36. The highest BCUT2D eigenvalue weighted by Gasteiger charge is 2.40. The van der Waals surface area contributed by atoms with Crippen LogP contribution in [-0.4, -0.2) is 32.9 Å². The van der Waals surface area contributed by atoms with Crippen LogP contribution in [0.5, 0.6) is 0 Å². The summed E-state index contributed by atoms with van der Waals surface area (Å²) in [6, 6.07) is 0. The molecule has 0 aromatic rings. The van der Waals surface area contributed by atoms with Crippen molar-refractivity contribution in [3.05, 3.63) is 12.2 Å². The van der Waals surface area contributed by atoms with Gasteiger partial charge in [0.25, 0.3) is 0 Å². The van der Waals surface area contributed by atoms with E-state index in [9.17, 15) is 14.7 Å². The largest absolute Gasteiger partial charge is 0.479 e. The highest BCUT2D eigenvalue weighted by atomic mass is 16.4. The number of aliphatic carboxylic acids is 2. The lowest BCUT2D eigenvalue weighted by Gasteiger charge is -2.20. The van der Waals surface area contributed by atoms with E-state index in [0.717, 1.165) is 0 Å². The molecule has 3 N–H and O–H groups in total. The Labute approximate surface area is 68.9 Å². The molecule has 0 fully saturated rings. The van der Waals surface area contributed by atoms with E-state index in [1.54, 1.807) is 0 Å². The maximum absolute atomic E-state index is 10.4. The third-order valence-corrected chi connectivity index (χ3v) is 1.62. The first-order valence-electron chi connectivity index (χ1n) is 3.24. The van der Waals surface area contributed by atoms with Gasteiger partial charge in [-0.3, -0.25) is 0 Å². The molecule has 0 aromatic carbocycles. The molecule has 0 aliphatic rings. The van der Waals surface area contributed by atoms with E-state index in [2.05, 4.69) is 6.58 Å². The van der Waals surface area contributed by atoms with Crippen LogP contribution in [0.4, 0.5) is 0 Å². The Bertz CT molecular complexity index is 232. The summed E-state index contributed by atoms with van der Waals surface area (Å²) in [6.07, 6.45) is -0.229. The van der Waals surface area contributed by atoms with Crippen LogP contribution in [0.1, 0.15) is 13.3 Å². The van der Waals surface area contributed by atoms with E-state index in [1.165, 1.54) is 6.92 Å². The minimum Gasteiger partial charge on any atom is -0.479 e. The van der Waals surface area contributed by atoms with E-state index in [1.807, 2.05) is 0 Å². The van der Waals surface area contributed by atoms with Crippen molar-refractivity contribution in [1.82, 2.24) is 0 Å². The van der Waals surface area contributed by atoms with Gasteiger partial charge in [-0.05, 0) is 6.42 Å². The van der Waals surface area contributed by atoms with Gasteiger partial charge in [-0.15, -0.1) is 0 Å². The van der Waals surface area contributed by atoms with Crippen LogP contribution >= 0.6 is 0 Å².